The lowest BCUT2D eigenvalue weighted by Crippen LogP contribution is -2.35. The number of sulfonamides is 1. The van der Waals surface area contributed by atoms with Crippen molar-refractivity contribution in [2.45, 2.75) is 23.3 Å². The summed E-state index contributed by atoms with van der Waals surface area (Å²) in [7, 11) is -3.70. The molecule has 0 bridgehead atoms. The molecule has 0 aromatic heterocycles. The summed E-state index contributed by atoms with van der Waals surface area (Å²) in [5, 5.41) is 10.5. The van der Waals surface area contributed by atoms with E-state index in [1.165, 1.54) is 0 Å². The highest BCUT2D eigenvalue weighted by atomic mass is 79.9. The van der Waals surface area contributed by atoms with Crippen LogP contribution in [-0.2, 0) is 10.0 Å². The lowest BCUT2D eigenvalue weighted by molar-refractivity contribution is 0.572. The van der Waals surface area contributed by atoms with Crippen molar-refractivity contribution in [3.05, 3.63) is 40.9 Å². The Morgan fingerprint density at radius 3 is 2.40 bits per heavy atom. The molecule has 4 nitrogen and oxygen atoms in total. The third-order valence-electron chi connectivity index (χ3n) is 3.41. The lowest BCUT2D eigenvalue weighted by Gasteiger charge is -2.13. The van der Waals surface area contributed by atoms with Crippen molar-refractivity contribution in [2.24, 2.45) is 0 Å². The molecule has 3 rings (SSSR count). The van der Waals surface area contributed by atoms with Gasteiger partial charge in [0.25, 0.3) is 0 Å². The molecule has 0 heterocycles. The van der Waals surface area contributed by atoms with Gasteiger partial charge in [-0.15, -0.1) is 0 Å². The molecule has 6 heteroatoms. The fourth-order valence-electron chi connectivity index (χ4n) is 2.14. The Bertz CT molecular complexity index is 836. The topological polar surface area (TPSA) is 70.0 Å². The second-order valence-corrected chi connectivity index (χ2v) is 7.40. The van der Waals surface area contributed by atoms with Crippen LogP contribution in [0, 0.1) is 11.3 Å². The first kappa shape index (κ1) is 13.6. The standard InChI is InChI=1S/C14H11BrN2O2S/c15-12-5-6-13(11-4-2-1-3-10(11)12)20(18,19)17-14(9-16)7-8-14/h1-6,17H,7-8H2. The third-order valence-corrected chi connectivity index (χ3v) is 5.70. The molecule has 0 aliphatic heterocycles. The number of benzene rings is 2. The molecule has 20 heavy (non-hydrogen) atoms. The molecular weight excluding hydrogens is 340 g/mol. The van der Waals surface area contributed by atoms with Gasteiger partial charge in [-0.25, -0.2) is 8.42 Å². The highest BCUT2D eigenvalue weighted by Crippen LogP contribution is 2.37. The van der Waals surface area contributed by atoms with E-state index in [0.29, 0.717) is 18.2 Å². The predicted molar refractivity (Wildman–Crippen MR) is 79.5 cm³/mol. The first-order valence-corrected chi connectivity index (χ1v) is 8.38. The van der Waals surface area contributed by atoms with Gasteiger partial charge in [-0.05, 0) is 30.4 Å². The Morgan fingerprint density at radius 2 is 1.80 bits per heavy atom. The molecule has 1 N–H and O–H groups in total. The molecule has 0 amide bonds. The Kier molecular flexibility index (Phi) is 3.09. The zero-order chi connectivity index (χ0) is 14.4. The van der Waals surface area contributed by atoms with Crippen LogP contribution in [0.2, 0.25) is 0 Å². The van der Waals surface area contributed by atoms with Crippen molar-refractivity contribution < 1.29 is 8.42 Å². The van der Waals surface area contributed by atoms with Gasteiger partial charge in [0.1, 0.15) is 5.54 Å². The van der Waals surface area contributed by atoms with Crippen LogP contribution in [0.3, 0.4) is 0 Å². The van der Waals surface area contributed by atoms with E-state index in [9.17, 15) is 8.42 Å². The summed E-state index contributed by atoms with van der Waals surface area (Å²) in [5.41, 5.74) is -0.910. The van der Waals surface area contributed by atoms with Crippen molar-refractivity contribution in [2.75, 3.05) is 0 Å². The molecule has 2 aromatic rings. The Hall–Kier alpha value is -1.42. The minimum absolute atomic E-state index is 0.206. The monoisotopic (exact) mass is 350 g/mol. The zero-order valence-electron chi connectivity index (χ0n) is 10.4. The lowest BCUT2D eigenvalue weighted by atomic mass is 10.1. The molecule has 1 aliphatic rings. The van der Waals surface area contributed by atoms with Crippen LogP contribution in [0.15, 0.2) is 45.8 Å². The van der Waals surface area contributed by atoms with E-state index < -0.39 is 15.6 Å². The predicted octanol–water partition coefficient (Wildman–Crippen LogP) is 2.94. The van der Waals surface area contributed by atoms with E-state index in [0.717, 1.165) is 9.86 Å². The molecule has 0 atom stereocenters. The van der Waals surface area contributed by atoms with Crippen molar-refractivity contribution >= 4 is 36.7 Å². The average molecular weight is 351 g/mol. The smallest absolute Gasteiger partial charge is 0.207 e. The van der Waals surface area contributed by atoms with Crippen LogP contribution in [0.4, 0.5) is 0 Å². The molecule has 0 spiro atoms. The van der Waals surface area contributed by atoms with E-state index in [1.54, 1.807) is 24.3 Å². The van der Waals surface area contributed by atoms with Crippen LogP contribution >= 0.6 is 15.9 Å². The van der Waals surface area contributed by atoms with Gasteiger partial charge in [-0.2, -0.15) is 9.98 Å². The van der Waals surface area contributed by atoms with Crippen LogP contribution in [0.5, 0.6) is 0 Å². The van der Waals surface area contributed by atoms with Gasteiger partial charge < -0.3 is 0 Å². The van der Waals surface area contributed by atoms with Crippen molar-refractivity contribution in [1.82, 2.24) is 4.72 Å². The number of halogens is 1. The van der Waals surface area contributed by atoms with Crippen molar-refractivity contribution in [1.29, 1.82) is 5.26 Å². The quantitative estimate of drug-likeness (QED) is 0.924. The van der Waals surface area contributed by atoms with E-state index in [2.05, 4.69) is 20.7 Å². The number of rotatable bonds is 3. The van der Waals surface area contributed by atoms with Crippen LogP contribution in [0.1, 0.15) is 12.8 Å². The van der Waals surface area contributed by atoms with Gasteiger partial charge in [-0.3, -0.25) is 0 Å². The largest absolute Gasteiger partial charge is 0.242 e. The van der Waals surface area contributed by atoms with Crippen molar-refractivity contribution in [3.63, 3.8) is 0 Å². The van der Waals surface area contributed by atoms with Crippen LogP contribution < -0.4 is 4.72 Å². The van der Waals surface area contributed by atoms with Crippen LogP contribution in [0.25, 0.3) is 10.8 Å². The average Bonchev–Trinajstić information content (AvgIpc) is 3.19. The highest BCUT2D eigenvalue weighted by Gasteiger charge is 2.47. The van der Waals surface area contributed by atoms with Gasteiger partial charge in [0.15, 0.2) is 0 Å². The van der Waals surface area contributed by atoms with Gasteiger partial charge in [0, 0.05) is 9.86 Å². The Morgan fingerprint density at radius 1 is 1.15 bits per heavy atom. The van der Waals surface area contributed by atoms with Gasteiger partial charge in [-0.1, -0.05) is 40.2 Å². The first-order valence-electron chi connectivity index (χ1n) is 6.10. The second kappa shape index (κ2) is 4.55. The molecule has 0 unspecified atom stereocenters. The number of nitriles is 1. The maximum atomic E-state index is 12.5. The Labute approximate surface area is 125 Å². The fraction of sp³-hybridized carbons (Fsp3) is 0.214. The Balaban J connectivity index is 2.15. The van der Waals surface area contributed by atoms with E-state index in [-0.39, 0.29) is 4.90 Å². The summed E-state index contributed by atoms with van der Waals surface area (Å²) in [6.07, 6.45) is 1.13. The molecule has 0 saturated heterocycles. The number of nitrogens with zero attached hydrogens (tertiary/aromatic N) is 1. The van der Waals surface area contributed by atoms with Crippen LogP contribution in [-0.4, -0.2) is 14.0 Å². The SMILES string of the molecule is N#CC1(NS(=O)(=O)c2ccc(Br)c3ccccc23)CC1. The van der Waals surface area contributed by atoms with E-state index in [4.69, 9.17) is 5.26 Å². The zero-order valence-corrected chi connectivity index (χ0v) is 12.8. The summed E-state index contributed by atoms with van der Waals surface area (Å²) in [4.78, 5) is 0.206. The fourth-order valence-corrected chi connectivity index (χ4v) is 4.21. The summed E-state index contributed by atoms with van der Waals surface area (Å²) < 4.78 is 28.3. The second-order valence-electron chi connectivity index (χ2n) is 4.89. The number of hydrogen-bond acceptors (Lipinski definition) is 3. The summed E-state index contributed by atoms with van der Waals surface area (Å²) in [5.74, 6) is 0. The maximum absolute atomic E-state index is 12.5. The molecule has 2 aromatic carbocycles. The highest BCUT2D eigenvalue weighted by molar-refractivity contribution is 9.10. The molecule has 1 aliphatic carbocycles. The molecular formula is C14H11BrN2O2S. The number of fused-ring (bicyclic) bond motifs is 1. The molecule has 0 radical (unpaired) electrons. The third kappa shape index (κ3) is 2.22. The van der Waals surface area contributed by atoms with E-state index >= 15 is 0 Å². The summed E-state index contributed by atoms with van der Waals surface area (Å²) in [6.45, 7) is 0. The molecule has 1 saturated carbocycles. The first-order chi connectivity index (χ1) is 9.47. The van der Waals surface area contributed by atoms with E-state index in [1.807, 2.05) is 18.2 Å². The maximum Gasteiger partial charge on any atom is 0.242 e. The minimum atomic E-state index is -3.70. The number of hydrogen-bond donors (Lipinski definition) is 1. The van der Waals surface area contributed by atoms with Gasteiger partial charge in [0.2, 0.25) is 10.0 Å². The van der Waals surface area contributed by atoms with Crippen molar-refractivity contribution in [3.8, 4) is 6.07 Å². The normalized spacial score (nSPS) is 16.8. The summed E-state index contributed by atoms with van der Waals surface area (Å²) >= 11 is 3.42. The van der Waals surface area contributed by atoms with Gasteiger partial charge in [0.05, 0.1) is 11.0 Å². The molecule has 102 valence electrons. The minimum Gasteiger partial charge on any atom is -0.207 e. The van der Waals surface area contributed by atoms with Gasteiger partial charge >= 0.3 is 0 Å². The number of nitrogens with one attached hydrogen (secondary N) is 1. The summed E-state index contributed by atoms with van der Waals surface area (Å²) in [6, 6.07) is 12.6. The molecule has 1 fully saturated rings.